The number of hydrogen-bond donors (Lipinski definition) is 3. The van der Waals surface area contributed by atoms with Gasteiger partial charge in [0.25, 0.3) is 0 Å². The Morgan fingerprint density at radius 2 is 2.19 bits per heavy atom. The molecule has 13 heteroatoms. The molecular formula is C18H27N4O8P. The van der Waals surface area contributed by atoms with Gasteiger partial charge in [0.15, 0.2) is 6.23 Å². The number of aromatic nitrogens is 2. The van der Waals surface area contributed by atoms with Gasteiger partial charge in [-0.15, -0.1) is 0 Å². The SMILES string of the molecule is C[C@H](NP1(=O)OC[C@H]2O[C@@H](n3ccc(N)nc3=O)[C@](C)(O)[C@@H]2O1)C(=O)OC1CCCC1. The molecule has 4 N–H and O–H groups in total. The molecule has 1 aromatic rings. The molecule has 1 unspecified atom stereocenters. The van der Waals surface area contributed by atoms with E-state index in [0.29, 0.717) is 0 Å². The molecule has 3 aliphatic rings. The lowest BCUT2D eigenvalue weighted by atomic mass is 9.96. The first-order chi connectivity index (χ1) is 14.6. The van der Waals surface area contributed by atoms with Crippen molar-refractivity contribution in [3.05, 3.63) is 22.7 Å². The monoisotopic (exact) mass is 458 g/mol. The topological polar surface area (TPSA) is 164 Å². The zero-order valence-electron chi connectivity index (χ0n) is 17.3. The predicted molar refractivity (Wildman–Crippen MR) is 107 cm³/mol. The van der Waals surface area contributed by atoms with Crippen molar-refractivity contribution >= 4 is 19.5 Å². The van der Waals surface area contributed by atoms with Crippen molar-refractivity contribution in [3.8, 4) is 0 Å². The molecule has 1 aliphatic carbocycles. The van der Waals surface area contributed by atoms with Crippen molar-refractivity contribution in [2.75, 3.05) is 12.3 Å². The van der Waals surface area contributed by atoms with Crippen LogP contribution in [0.3, 0.4) is 0 Å². The molecule has 0 spiro atoms. The molecule has 3 fully saturated rings. The number of anilines is 1. The Kier molecular flexibility index (Phi) is 5.97. The van der Waals surface area contributed by atoms with Crippen LogP contribution < -0.4 is 16.5 Å². The highest BCUT2D eigenvalue weighted by molar-refractivity contribution is 7.51. The van der Waals surface area contributed by atoms with Crippen molar-refractivity contribution < 1.29 is 33.0 Å². The number of nitrogen functional groups attached to an aromatic ring is 1. The summed E-state index contributed by atoms with van der Waals surface area (Å²) in [4.78, 5) is 28.2. The summed E-state index contributed by atoms with van der Waals surface area (Å²) in [5.41, 5.74) is 3.05. The Labute approximate surface area is 178 Å². The summed E-state index contributed by atoms with van der Waals surface area (Å²) in [6.07, 6.45) is 1.81. The average molecular weight is 458 g/mol. The van der Waals surface area contributed by atoms with Gasteiger partial charge in [0.1, 0.15) is 35.8 Å². The third-order valence-electron chi connectivity index (χ3n) is 5.77. The number of carbonyl (C=O) groups is 1. The van der Waals surface area contributed by atoms with E-state index in [2.05, 4.69) is 10.1 Å². The van der Waals surface area contributed by atoms with Gasteiger partial charge in [-0.25, -0.2) is 14.4 Å². The molecule has 31 heavy (non-hydrogen) atoms. The van der Waals surface area contributed by atoms with Crippen LogP contribution >= 0.6 is 7.75 Å². The van der Waals surface area contributed by atoms with E-state index < -0.39 is 49.5 Å². The maximum atomic E-state index is 13.1. The van der Waals surface area contributed by atoms with Gasteiger partial charge in [-0.3, -0.25) is 18.4 Å². The van der Waals surface area contributed by atoms with Crippen LogP contribution in [0.2, 0.25) is 0 Å². The van der Waals surface area contributed by atoms with Gasteiger partial charge in [-0.1, -0.05) is 0 Å². The van der Waals surface area contributed by atoms with Gasteiger partial charge in [0.2, 0.25) is 0 Å². The first-order valence-corrected chi connectivity index (χ1v) is 11.8. The fourth-order valence-corrected chi connectivity index (χ4v) is 5.89. The molecule has 0 radical (unpaired) electrons. The van der Waals surface area contributed by atoms with E-state index in [9.17, 15) is 19.3 Å². The van der Waals surface area contributed by atoms with Crippen LogP contribution in [0, 0.1) is 0 Å². The largest absolute Gasteiger partial charge is 0.461 e. The summed E-state index contributed by atoms with van der Waals surface area (Å²) in [5.74, 6) is -0.522. The van der Waals surface area contributed by atoms with E-state index in [4.69, 9.17) is 24.3 Å². The van der Waals surface area contributed by atoms with Crippen molar-refractivity contribution in [2.24, 2.45) is 0 Å². The molecule has 0 amide bonds. The number of aliphatic hydroxyl groups is 1. The Morgan fingerprint density at radius 3 is 2.87 bits per heavy atom. The maximum absolute atomic E-state index is 13.1. The van der Waals surface area contributed by atoms with Gasteiger partial charge in [-0.05, 0) is 45.6 Å². The predicted octanol–water partition coefficient (Wildman–Crippen LogP) is 0.461. The molecule has 2 aliphatic heterocycles. The zero-order chi connectivity index (χ0) is 22.4. The molecule has 1 aromatic heterocycles. The molecular weight excluding hydrogens is 431 g/mol. The summed E-state index contributed by atoms with van der Waals surface area (Å²) in [6.45, 7) is 2.73. The highest BCUT2D eigenvalue weighted by Gasteiger charge is 2.60. The minimum absolute atomic E-state index is 0.0306. The normalized spacial score (nSPS) is 36.8. The molecule has 0 aromatic carbocycles. The molecule has 3 heterocycles. The van der Waals surface area contributed by atoms with Crippen LogP contribution in [0.15, 0.2) is 17.1 Å². The van der Waals surface area contributed by atoms with E-state index in [-0.39, 0.29) is 18.5 Å². The van der Waals surface area contributed by atoms with Gasteiger partial charge in [0.05, 0.1) is 6.61 Å². The molecule has 6 atom stereocenters. The fraction of sp³-hybridized carbons (Fsp3) is 0.722. The fourth-order valence-electron chi connectivity index (χ4n) is 4.13. The minimum Gasteiger partial charge on any atom is -0.461 e. The Bertz CT molecular complexity index is 947. The van der Waals surface area contributed by atoms with E-state index in [1.54, 1.807) is 0 Å². The number of fused-ring (bicyclic) bond motifs is 1. The van der Waals surface area contributed by atoms with Crippen LogP contribution in [0.5, 0.6) is 0 Å². The second kappa shape index (κ2) is 8.27. The van der Waals surface area contributed by atoms with Crippen molar-refractivity contribution in [2.45, 2.75) is 75.7 Å². The molecule has 4 rings (SSSR count). The lowest BCUT2D eigenvalue weighted by molar-refractivity contribution is -0.150. The zero-order valence-corrected chi connectivity index (χ0v) is 18.2. The lowest BCUT2D eigenvalue weighted by Crippen LogP contribution is -2.50. The molecule has 0 bridgehead atoms. The van der Waals surface area contributed by atoms with Crippen molar-refractivity contribution in [1.82, 2.24) is 14.6 Å². The minimum atomic E-state index is -3.97. The van der Waals surface area contributed by atoms with E-state index in [1.807, 2.05) is 0 Å². The Balaban J connectivity index is 1.46. The summed E-state index contributed by atoms with van der Waals surface area (Å²) in [7, 11) is -3.97. The second-order valence-electron chi connectivity index (χ2n) is 8.31. The van der Waals surface area contributed by atoms with Gasteiger partial charge in [0, 0.05) is 6.20 Å². The number of hydrogen-bond acceptors (Lipinski definition) is 10. The van der Waals surface area contributed by atoms with E-state index >= 15 is 0 Å². The highest BCUT2D eigenvalue weighted by Crippen LogP contribution is 2.55. The molecule has 12 nitrogen and oxygen atoms in total. The number of esters is 1. The van der Waals surface area contributed by atoms with Gasteiger partial charge < -0.3 is 20.3 Å². The van der Waals surface area contributed by atoms with Gasteiger partial charge >= 0.3 is 19.4 Å². The first-order valence-electron chi connectivity index (χ1n) is 10.2. The molecule has 1 saturated carbocycles. The highest BCUT2D eigenvalue weighted by atomic mass is 31.2. The van der Waals surface area contributed by atoms with Crippen LogP contribution in [0.1, 0.15) is 45.8 Å². The van der Waals surface area contributed by atoms with Crippen LogP contribution in [-0.4, -0.2) is 57.2 Å². The van der Waals surface area contributed by atoms with Gasteiger partial charge in [-0.2, -0.15) is 4.98 Å². The summed E-state index contributed by atoms with van der Waals surface area (Å²) in [5, 5.41) is 13.7. The summed E-state index contributed by atoms with van der Waals surface area (Å²) >= 11 is 0. The second-order valence-corrected chi connectivity index (χ2v) is 10.0. The smallest absolute Gasteiger partial charge is 0.406 e. The quantitative estimate of drug-likeness (QED) is 0.415. The van der Waals surface area contributed by atoms with E-state index in [0.717, 1.165) is 30.3 Å². The summed E-state index contributed by atoms with van der Waals surface area (Å²) < 4.78 is 36.4. The number of nitrogens with one attached hydrogen (secondary N) is 1. The maximum Gasteiger partial charge on any atom is 0.406 e. The van der Waals surface area contributed by atoms with Crippen LogP contribution in [0.25, 0.3) is 0 Å². The Hall–Kier alpha value is -1.82. The molecule has 172 valence electrons. The molecule has 2 saturated heterocycles. The Morgan fingerprint density at radius 1 is 1.48 bits per heavy atom. The van der Waals surface area contributed by atoms with Crippen LogP contribution in [-0.2, 0) is 27.9 Å². The van der Waals surface area contributed by atoms with Crippen molar-refractivity contribution in [3.63, 3.8) is 0 Å². The number of nitrogens with zero attached hydrogens (tertiary/aromatic N) is 2. The van der Waals surface area contributed by atoms with Crippen molar-refractivity contribution in [1.29, 1.82) is 0 Å². The standard InChI is InChI=1S/C18H27N4O8P/c1-10(15(23)28-11-5-3-4-6-11)21-31(26)27-9-12-14(30-31)18(2,25)16(29-12)22-8-7-13(19)20-17(22)24/h7-8,10-12,14,16,25H,3-6,9H2,1-2H3,(H,21,26)(H2,19,20,24)/t10-,12+,14+,16+,18+,31?/m0/s1. The third-order valence-corrected chi connectivity index (χ3v) is 7.47. The number of nitrogens with two attached hydrogens (primary N) is 1. The number of carbonyl (C=O) groups excluding carboxylic acids is 1. The van der Waals surface area contributed by atoms with E-state index in [1.165, 1.54) is 26.1 Å². The number of ether oxygens (including phenoxy) is 2. The lowest BCUT2D eigenvalue weighted by Gasteiger charge is -2.36. The third kappa shape index (κ3) is 4.41. The summed E-state index contributed by atoms with van der Waals surface area (Å²) in [6, 6.07) is 0.444. The average Bonchev–Trinajstić information content (AvgIpc) is 3.28. The number of rotatable bonds is 5. The first kappa shape index (κ1) is 22.4. The van der Waals surface area contributed by atoms with Crippen LogP contribution in [0.4, 0.5) is 5.82 Å².